The average Bonchev–Trinajstić information content (AvgIpc) is 2.63. The van der Waals surface area contributed by atoms with E-state index in [2.05, 4.69) is 6.92 Å². The summed E-state index contributed by atoms with van der Waals surface area (Å²) in [4.78, 5) is 14.1. The van der Waals surface area contributed by atoms with Crippen LogP contribution in [0, 0.1) is 5.92 Å². The monoisotopic (exact) mass is 230 g/mol. The van der Waals surface area contributed by atoms with Gasteiger partial charge in [0.1, 0.15) is 0 Å². The number of amides is 1. The van der Waals surface area contributed by atoms with E-state index >= 15 is 0 Å². The first kappa shape index (κ1) is 11.2. The zero-order chi connectivity index (χ0) is 10.8. The lowest BCUT2D eigenvalue weighted by Crippen LogP contribution is -2.48. The molecule has 0 saturated carbocycles. The molecule has 15 heavy (non-hydrogen) atoms. The highest BCUT2D eigenvalue weighted by Crippen LogP contribution is 2.21. The third-order valence-corrected chi connectivity index (χ3v) is 4.13. The second-order valence-electron chi connectivity index (χ2n) is 4.27. The summed E-state index contributed by atoms with van der Waals surface area (Å²) in [6.07, 6.45) is 0. The maximum atomic E-state index is 12.1. The van der Waals surface area contributed by atoms with Crippen molar-refractivity contribution in [1.82, 2.24) is 4.90 Å². The minimum absolute atomic E-state index is 0.109. The number of nitrogens with two attached hydrogens (primary N) is 1. The fourth-order valence-electron chi connectivity index (χ4n) is 2.08. The van der Waals surface area contributed by atoms with Crippen LogP contribution in [0.4, 0.5) is 0 Å². The van der Waals surface area contributed by atoms with E-state index in [1.807, 2.05) is 16.7 Å². The molecule has 5 heteroatoms. The minimum atomic E-state index is -0.111. The van der Waals surface area contributed by atoms with Crippen molar-refractivity contribution in [2.75, 3.05) is 32.1 Å². The molecule has 86 valence electrons. The summed E-state index contributed by atoms with van der Waals surface area (Å²) in [5.74, 6) is 1.11. The second-order valence-corrected chi connectivity index (χ2v) is 5.82. The summed E-state index contributed by atoms with van der Waals surface area (Å²) in [7, 11) is 0. The Morgan fingerprint density at radius 3 is 2.93 bits per heavy atom. The van der Waals surface area contributed by atoms with E-state index in [0.29, 0.717) is 18.5 Å². The van der Waals surface area contributed by atoms with Gasteiger partial charge in [-0.2, -0.15) is 11.8 Å². The minimum Gasteiger partial charge on any atom is -0.379 e. The first-order valence-corrected chi connectivity index (χ1v) is 6.47. The molecule has 3 atom stereocenters. The number of ether oxygens (including phenoxy) is 1. The molecule has 2 aliphatic rings. The topological polar surface area (TPSA) is 55.6 Å². The third kappa shape index (κ3) is 2.46. The highest BCUT2D eigenvalue weighted by Gasteiger charge is 2.35. The Hall–Kier alpha value is -0.260. The van der Waals surface area contributed by atoms with E-state index in [1.165, 1.54) is 0 Å². The smallest absolute Gasteiger partial charge is 0.229 e. The van der Waals surface area contributed by atoms with Gasteiger partial charge in [0.25, 0.3) is 0 Å². The molecule has 0 radical (unpaired) electrons. The average molecular weight is 230 g/mol. The van der Waals surface area contributed by atoms with Crippen LogP contribution in [-0.4, -0.2) is 54.2 Å². The van der Waals surface area contributed by atoms with Crippen molar-refractivity contribution >= 4 is 17.7 Å². The summed E-state index contributed by atoms with van der Waals surface area (Å²) < 4.78 is 5.23. The van der Waals surface area contributed by atoms with Crippen LogP contribution < -0.4 is 5.73 Å². The Balaban J connectivity index is 1.94. The highest BCUT2D eigenvalue weighted by molar-refractivity contribution is 7.99. The van der Waals surface area contributed by atoms with Gasteiger partial charge >= 0.3 is 0 Å². The summed E-state index contributed by atoms with van der Waals surface area (Å²) in [6, 6.07) is -0.109. The van der Waals surface area contributed by atoms with Crippen LogP contribution in [-0.2, 0) is 9.53 Å². The Labute approximate surface area is 94.5 Å². The van der Waals surface area contributed by atoms with Crippen LogP contribution in [0.5, 0.6) is 0 Å². The molecule has 4 nitrogen and oxygen atoms in total. The van der Waals surface area contributed by atoms with Crippen LogP contribution >= 0.6 is 11.8 Å². The first-order valence-electron chi connectivity index (χ1n) is 5.42. The molecule has 0 bridgehead atoms. The van der Waals surface area contributed by atoms with Crippen LogP contribution in [0.3, 0.4) is 0 Å². The molecule has 3 unspecified atom stereocenters. The zero-order valence-electron chi connectivity index (χ0n) is 9.02. The molecule has 2 N–H and O–H groups in total. The number of rotatable bonds is 1. The van der Waals surface area contributed by atoms with E-state index in [1.54, 1.807) is 0 Å². The van der Waals surface area contributed by atoms with E-state index in [-0.39, 0.29) is 17.9 Å². The van der Waals surface area contributed by atoms with E-state index in [9.17, 15) is 4.79 Å². The van der Waals surface area contributed by atoms with Crippen molar-refractivity contribution in [2.45, 2.75) is 18.2 Å². The molecule has 2 saturated heterocycles. The fraction of sp³-hybridized carbons (Fsp3) is 0.900. The van der Waals surface area contributed by atoms with Crippen molar-refractivity contribution in [3.05, 3.63) is 0 Å². The molecule has 0 aromatic heterocycles. The SMILES string of the molecule is CC1CN(C(=O)C2COCC2N)CCS1. The van der Waals surface area contributed by atoms with Crippen LogP contribution in [0.2, 0.25) is 0 Å². The molecule has 2 rings (SSSR count). The molecule has 0 aromatic rings. The predicted molar refractivity (Wildman–Crippen MR) is 60.8 cm³/mol. The molecule has 0 aromatic carbocycles. The van der Waals surface area contributed by atoms with Crippen molar-refractivity contribution in [1.29, 1.82) is 0 Å². The Bertz CT molecular complexity index is 250. The second kappa shape index (κ2) is 4.72. The van der Waals surface area contributed by atoms with Gasteiger partial charge in [-0.3, -0.25) is 4.79 Å². The molecular weight excluding hydrogens is 212 g/mol. The molecule has 2 heterocycles. The summed E-state index contributed by atoms with van der Waals surface area (Å²) in [5, 5.41) is 0.543. The van der Waals surface area contributed by atoms with Gasteiger partial charge in [0.15, 0.2) is 0 Å². The van der Waals surface area contributed by atoms with Crippen LogP contribution in [0.1, 0.15) is 6.92 Å². The van der Waals surface area contributed by atoms with Crippen molar-refractivity contribution in [3.63, 3.8) is 0 Å². The molecule has 1 amide bonds. The quantitative estimate of drug-likeness (QED) is 0.685. The molecule has 0 aliphatic carbocycles. The largest absolute Gasteiger partial charge is 0.379 e. The molecular formula is C10H18N2O2S. The maximum Gasteiger partial charge on any atom is 0.229 e. The van der Waals surface area contributed by atoms with Gasteiger partial charge < -0.3 is 15.4 Å². The Kier molecular flexibility index (Phi) is 3.53. The number of nitrogens with zero attached hydrogens (tertiary/aromatic N) is 1. The van der Waals surface area contributed by atoms with E-state index < -0.39 is 0 Å². The van der Waals surface area contributed by atoms with E-state index in [0.717, 1.165) is 18.8 Å². The number of thioether (sulfide) groups is 1. The summed E-state index contributed by atoms with van der Waals surface area (Å²) in [5.41, 5.74) is 5.84. The molecule has 0 spiro atoms. The Morgan fingerprint density at radius 1 is 1.53 bits per heavy atom. The van der Waals surface area contributed by atoms with Gasteiger partial charge in [-0.05, 0) is 0 Å². The lowest BCUT2D eigenvalue weighted by atomic mass is 10.0. The summed E-state index contributed by atoms with van der Waals surface area (Å²) in [6.45, 7) is 4.89. The fourth-order valence-corrected chi connectivity index (χ4v) is 3.09. The van der Waals surface area contributed by atoms with Crippen LogP contribution in [0.25, 0.3) is 0 Å². The van der Waals surface area contributed by atoms with Gasteiger partial charge in [-0.25, -0.2) is 0 Å². The third-order valence-electron chi connectivity index (χ3n) is 2.99. The lowest BCUT2D eigenvalue weighted by molar-refractivity contribution is -0.135. The normalized spacial score (nSPS) is 36.9. The zero-order valence-corrected chi connectivity index (χ0v) is 9.83. The highest BCUT2D eigenvalue weighted by atomic mass is 32.2. The lowest BCUT2D eigenvalue weighted by Gasteiger charge is -2.32. The van der Waals surface area contributed by atoms with Gasteiger partial charge in [0, 0.05) is 30.1 Å². The van der Waals surface area contributed by atoms with Crippen LogP contribution in [0.15, 0.2) is 0 Å². The number of hydrogen-bond acceptors (Lipinski definition) is 4. The Morgan fingerprint density at radius 2 is 2.33 bits per heavy atom. The molecule has 2 fully saturated rings. The van der Waals surface area contributed by atoms with Crippen molar-refractivity contribution < 1.29 is 9.53 Å². The number of hydrogen-bond donors (Lipinski definition) is 1. The predicted octanol–water partition coefficient (Wildman–Crippen LogP) is -0.0760. The van der Waals surface area contributed by atoms with Gasteiger partial charge in [-0.1, -0.05) is 6.92 Å². The first-order chi connectivity index (χ1) is 7.18. The van der Waals surface area contributed by atoms with Gasteiger partial charge in [0.2, 0.25) is 5.91 Å². The van der Waals surface area contributed by atoms with Gasteiger partial charge in [-0.15, -0.1) is 0 Å². The molecule has 2 aliphatic heterocycles. The van der Waals surface area contributed by atoms with Crippen molar-refractivity contribution in [2.24, 2.45) is 11.7 Å². The van der Waals surface area contributed by atoms with E-state index in [4.69, 9.17) is 10.5 Å². The standard InChI is InChI=1S/C10H18N2O2S/c1-7-4-12(2-3-15-7)10(13)8-5-14-6-9(8)11/h7-9H,2-6,11H2,1H3. The van der Waals surface area contributed by atoms with Gasteiger partial charge in [0.05, 0.1) is 19.1 Å². The summed E-state index contributed by atoms with van der Waals surface area (Å²) >= 11 is 1.93. The number of carbonyl (C=O) groups excluding carboxylic acids is 1. The maximum absolute atomic E-state index is 12.1. The van der Waals surface area contributed by atoms with Crippen molar-refractivity contribution in [3.8, 4) is 0 Å². The number of carbonyl (C=O) groups is 1.